The van der Waals surface area contributed by atoms with Gasteiger partial charge in [0.1, 0.15) is 11.2 Å². The third kappa shape index (κ3) is 5.53. The van der Waals surface area contributed by atoms with Gasteiger partial charge in [0.05, 0.1) is 5.69 Å². The molecule has 0 N–H and O–H groups in total. The van der Waals surface area contributed by atoms with Crippen LogP contribution in [0.3, 0.4) is 0 Å². The molecular weight excluding hydrogens is 655 g/mol. The zero-order valence-corrected chi connectivity index (χ0v) is 29.6. The summed E-state index contributed by atoms with van der Waals surface area (Å²) in [4.78, 5) is 2.38. The van der Waals surface area contributed by atoms with Gasteiger partial charge < -0.3 is 9.32 Å². The van der Waals surface area contributed by atoms with Crippen LogP contribution in [0.4, 0.5) is 17.1 Å². The quantitative estimate of drug-likeness (QED) is 0.166. The number of furan rings is 1. The van der Waals surface area contributed by atoms with E-state index >= 15 is 0 Å². The molecule has 10 aromatic rings. The van der Waals surface area contributed by atoms with Crippen molar-refractivity contribution in [2.75, 3.05) is 4.90 Å². The van der Waals surface area contributed by atoms with Gasteiger partial charge in [0, 0.05) is 27.7 Å². The minimum atomic E-state index is 0.874. The van der Waals surface area contributed by atoms with E-state index in [1.807, 2.05) is 0 Å². The van der Waals surface area contributed by atoms with Crippen LogP contribution < -0.4 is 4.90 Å². The van der Waals surface area contributed by atoms with Crippen LogP contribution in [-0.2, 0) is 0 Å². The van der Waals surface area contributed by atoms with E-state index in [2.05, 4.69) is 217 Å². The molecule has 0 bridgehead atoms. The lowest BCUT2D eigenvalue weighted by atomic mass is 9.92. The molecule has 54 heavy (non-hydrogen) atoms. The Bertz CT molecular complexity index is 2810. The van der Waals surface area contributed by atoms with E-state index < -0.39 is 0 Å². The molecule has 0 aliphatic carbocycles. The number of anilines is 3. The molecule has 2 heteroatoms. The van der Waals surface area contributed by atoms with Crippen LogP contribution in [0.2, 0.25) is 0 Å². The maximum absolute atomic E-state index is 6.75. The first-order valence-corrected chi connectivity index (χ1v) is 18.4. The van der Waals surface area contributed by atoms with E-state index in [4.69, 9.17) is 4.42 Å². The fourth-order valence-electron chi connectivity index (χ4n) is 7.95. The topological polar surface area (TPSA) is 16.4 Å². The number of fused-ring (bicyclic) bond motifs is 5. The normalized spacial score (nSPS) is 11.3. The van der Waals surface area contributed by atoms with Gasteiger partial charge in [0.15, 0.2) is 0 Å². The molecule has 1 heterocycles. The van der Waals surface area contributed by atoms with Crippen LogP contribution in [0.5, 0.6) is 0 Å². The number of nitrogens with zero attached hydrogens (tertiary/aromatic N) is 1. The highest BCUT2D eigenvalue weighted by atomic mass is 16.3. The summed E-state index contributed by atoms with van der Waals surface area (Å²) in [6.07, 6.45) is 0. The predicted molar refractivity (Wildman–Crippen MR) is 228 cm³/mol. The molecule has 0 spiro atoms. The molecule has 0 saturated heterocycles. The van der Waals surface area contributed by atoms with Gasteiger partial charge in [-0.1, -0.05) is 170 Å². The average molecular weight is 690 g/mol. The highest BCUT2D eigenvalue weighted by molar-refractivity contribution is 6.25. The van der Waals surface area contributed by atoms with Crippen molar-refractivity contribution in [2.45, 2.75) is 0 Å². The summed E-state index contributed by atoms with van der Waals surface area (Å²) in [6.45, 7) is 0. The first-order valence-electron chi connectivity index (χ1n) is 18.4. The zero-order valence-electron chi connectivity index (χ0n) is 29.6. The molecule has 2 nitrogen and oxygen atoms in total. The molecule has 0 fully saturated rings. The number of hydrogen-bond donors (Lipinski definition) is 0. The predicted octanol–water partition coefficient (Wildman–Crippen LogP) is 14.9. The second-order valence-electron chi connectivity index (χ2n) is 13.7. The Morgan fingerprint density at radius 3 is 1.39 bits per heavy atom. The summed E-state index contributed by atoms with van der Waals surface area (Å²) in [5.41, 5.74) is 14.4. The van der Waals surface area contributed by atoms with Crippen molar-refractivity contribution >= 4 is 49.8 Å². The Balaban J connectivity index is 1.18. The molecule has 0 atom stereocenters. The van der Waals surface area contributed by atoms with Crippen molar-refractivity contribution in [3.8, 4) is 44.5 Å². The average Bonchev–Trinajstić information content (AvgIpc) is 3.64. The van der Waals surface area contributed by atoms with E-state index in [1.54, 1.807) is 0 Å². The minimum Gasteiger partial charge on any atom is -0.456 e. The van der Waals surface area contributed by atoms with E-state index in [1.165, 1.54) is 44.2 Å². The molecule has 0 aliphatic heterocycles. The van der Waals surface area contributed by atoms with Crippen molar-refractivity contribution in [2.24, 2.45) is 0 Å². The van der Waals surface area contributed by atoms with Crippen molar-refractivity contribution in [1.82, 2.24) is 0 Å². The summed E-state index contributed by atoms with van der Waals surface area (Å²) in [5, 5.41) is 4.65. The van der Waals surface area contributed by atoms with Crippen molar-refractivity contribution in [3.05, 3.63) is 212 Å². The van der Waals surface area contributed by atoms with E-state index in [0.29, 0.717) is 0 Å². The fourth-order valence-corrected chi connectivity index (χ4v) is 7.95. The molecule has 254 valence electrons. The molecule has 0 saturated carbocycles. The van der Waals surface area contributed by atoms with Gasteiger partial charge >= 0.3 is 0 Å². The van der Waals surface area contributed by atoms with Crippen LogP contribution in [0.1, 0.15) is 0 Å². The standard InChI is InChI=1S/C52H35NO/c1-4-15-36(16-5-1)38-27-31-41(32-28-38)53(42-33-29-39(30-34-42)37-17-6-2-7-18-37)48-25-13-12-22-44(48)46-24-14-26-49-51(46)52-45-23-11-10-21-43(45)47(35-50(52)54-49)40-19-8-3-9-20-40/h1-35H. The van der Waals surface area contributed by atoms with Crippen molar-refractivity contribution in [3.63, 3.8) is 0 Å². The lowest BCUT2D eigenvalue weighted by Gasteiger charge is -2.28. The van der Waals surface area contributed by atoms with E-state index in [-0.39, 0.29) is 0 Å². The highest BCUT2D eigenvalue weighted by Crippen LogP contribution is 2.47. The van der Waals surface area contributed by atoms with Gasteiger partial charge in [-0.15, -0.1) is 0 Å². The summed E-state index contributed by atoms with van der Waals surface area (Å²) in [6, 6.07) is 75.7. The third-order valence-electron chi connectivity index (χ3n) is 10.5. The highest BCUT2D eigenvalue weighted by Gasteiger charge is 2.22. The summed E-state index contributed by atoms with van der Waals surface area (Å²) < 4.78 is 6.75. The van der Waals surface area contributed by atoms with E-state index in [9.17, 15) is 0 Å². The van der Waals surface area contributed by atoms with Crippen LogP contribution in [-0.4, -0.2) is 0 Å². The number of hydrogen-bond acceptors (Lipinski definition) is 2. The molecular formula is C52H35NO. The van der Waals surface area contributed by atoms with Gasteiger partial charge in [-0.25, -0.2) is 0 Å². The monoisotopic (exact) mass is 689 g/mol. The molecule has 1 aromatic heterocycles. The Hall–Kier alpha value is -7.16. The molecule has 0 unspecified atom stereocenters. The van der Waals surface area contributed by atoms with Gasteiger partial charge in [0.2, 0.25) is 0 Å². The fraction of sp³-hybridized carbons (Fsp3) is 0. The largest absolute Gasteiger partial charge is 0.456 e. The molecule has 9 aromatic carbocycles. The van der Waals surface area contributed by atoms with Gasteiger partial charge in [-0.3, -0.25) is 0 Å². The maximum atomic E-state index is 6.75. The lowest BCUT2D eigenvalue weighted by Crippen LogP contribution is -2.11. The number of rotatable bonds is 7. The molecule has 0 aliphatic rings. The minimum absolute atomic E-state index is 0.874. The Morgan fingerprint density at radius 1 is 0.296 bits per heavy atom. The lowest BCUT2D eigenvalue weighted by molar-refractivity contribution is 0.669. The molecule has 10 rings (SSSR count). The van der Waals surface area contributed by atoms with Gasteiger partial charge in [-0.2, -0.15) is 0 Å². The van der Waals surface area contributed by atoms with Crippen LogP contribution in [0.15, 0.2) is 217 Å². The van der Waals surface area contributed by atoms with Crippen molar-refractivity contribution in [1.29, 1.82) is 0 Å². The van der Waals surface area contributed by atoms with Crippen LogP contribution in [0, 0.1) is 0 Å². The van der Waals surface area contributed by atoms with Gasteiger partial charge in [-0.05, 0) is 92.2 Å². The zero-order chi connectivity index (χ0) is 35.8. The van der Waals surface area contributed by atoms with Gasteiger partial charge in [0.25, 0.3) is 0 Å². The second kappa shape index (κ2) is 13.4. The Morgan fingerprint density at radius 2 is 0.778 bits per heavy atom. The first-order chi connectivity index (χ1) is 26.8. The number of benzene rings is 9. The molecule has 0 amide bonds. The summed E-state index contributed by atoms with van der Waals surface area (Å²) in [5.74, 6) is 0. The summed E-state index contributed by atoms with van der Waals surface area (Å²) >= 11 is 0. The SMILES string of the molecule is c1ccc(-c2ccc(N(c3ccc(-c4ccccc4)cc3)c3ccccc3-c3cccc4oc5cc(-c6ccccc6)c6ccccc6c5c34)cc2)cc1. The number of para-hydroxylation sites is 1. The van der Waals surface area contributed by atoms with E-state index in [0.717, 1.165) is 50.1 Å². The maximum Gasteiger partial charge on any atom is 0.136 e. The van der Waals surface area contributed by atoms with Crippen molar-refractivity contribution < 1.29 is 4.42 Å². The first kappa shape index (κ1) is 31.6. The smallest absolute Gasteiger partial charge is 0.136 e. The third-order valence-corrected chi connectivity index (χ3v) is 10.5. The van der Waals surface area contributed by atoms with Crippen LogP contribution in [0.25, 0.3) is 77.2 Å². The molecule has 0 radical (unpaired) electrons. The van der Waals surface area contributed by atoms with Crippen LogP contribution >= 0.6 is 0 Å². The summed E-state index contributed by atoms with van der Waals surface area (Å²) in [7, 11) is 0. The Kier molecular flexibility index (Phi) is 7.85. The Labute approximate surface area is 314 Å². The second-order valence-corrected chi connectivity index (χ2v) is 13.7.